The average Bonchev–Trinajstić information content (AvgIpc) is 2.76. The van der Waals surface area contributed by atoms with E-state index in [0.29, 0.717) is 0 Å². The van der Waals surface area contributed by atoms with E-state index in [1.54, 1.807) is 6.92 Å². The van der Waals surface area contributed by atoms with Crippen molar-refractivity contribution < 1.29 is 38.3 Å². The molecular weight excluding hydrogens is 412 g/mol. The van der Waals surface area contributed by atoms with E-state index in [9.17, 15) is 29.3 Å². The Morgan fingerprint density at radius 2 is 1.58 bits per heavy atom. The molecule has 0 fully saturated rings. The van der Waals surface area contributed by atoms with E-state index in [0.717, 1.165) is 18.2 Å². The number of non-ortho nitro benzene ring substituents is 1. The number of ether oxygens (including phenoxy) is 3. The molecule has 2 rings (SSSR count). The normalized spacial score (nSPS) is 10.0. The second-order valence-corrected chi connectivity index (χ2v) is 5.94. The van der Waals surface area contributed by atoms with Gasteiger partial charge in [-0.25, -0.2) is 14.4 Å². The second kappa shape index (κ2) is 10.5. The minimum absolute atomic E-state index is 0.0403. The van der Waals surface area contributed by atoms with Crippen molar-refractivity contribution >= 4 is 35.2 Å². The Labute approximate surface area is 176 Å². The molecule has 11 nitrogen and oxygen atoms in total. The lowest BCUT2D eigenvalue weighted by molar-refractivity contribution is -0.384. The fourth-order valence-corrected chi connectivity index (χ4v) is 2.42. The van der Waals surface area contributed by atoms with Crippen LogP contribution in [0.1, 0.15) is 38.0 Å². The van der Waals surface area contributed by atoms with E-state index in [2.05, 4.69) is 10.1 Å². The number of anilines is 1. The van der Waals surface area contributed by atoms with Gasteiger partial charge in [0.1, 0.15) is 0 Å². The number of amides is 1. The molecule has 0 heterocycles. The summed E-state index contributed by atoms with van der Waals surface area (Å²) in [6.45, 7) is 0.890. The molecule has 1 amide bonds. The number of nitrogens with one attached hydrogen (secondary N) is 1. The quantitative estimate of drug-likeness (QED) is 0.288. The maximum Gasteiger partial charge on any atom is 0.338 e. The van der Waals surface area contributed by atoms with Gasteiger partial charge in [-0.15, -0.1) is 0 Å². The summed E-state index contributed by atoms with van der Waals surface area (Å²) in [5.41, 5.74) is -0.532. The Morgan fingerprint density at radius 1 is 0.935 bits per heavy atom. The minimum atomic E-state index is -1.05. The first-order valence-corrected chi connectivity index (χ1v) is 8.87. The van der Waals surface area contributed by atoms with E-state index in [1.807, 2.05) is 0 Å². The Balaban J connectivity index is 2.08. The Bertz CT molecular complexity index is 1030. The number of nitro groups is 1. The molecule has 0 aliphatic rings. The molecule has 0 radical (unpaired) electrons. The lowest BCUT2D eigenvalue weighted by Gasteiger charge is -2.09. The summed E-state index contributed by atoms with van der Waals surface area (Å²) < 4.78 is 14.2. The molecule has 0 aliphatic carbocycles. The highest BCUT2D eigenvalue weighted by atomic mass is 16.6. The summed E-state index contributed by atoms with van der Waals surface area (Å²) in [6.07, 6.45) is 0. The van der Waals surface area contributed by atoms with Crippen LogP contribution in [0.5, 0.6) is 0 Å². The van der Waals surface area contributed by atoms with Crippen LogP contribution in [0.4, 0.5) is 11.4 Å². The van der Waals surface area contributed by atoms with Crippen LogP contribution >= 0.6 is 0 Å². The molecular formula is C20H18N2O9. The lowest BCUT2D eigenvalue weighted by Crippen LogP contribution is -2.21. The van der Waals surface area contributed by atoms with Gasteiger partial charge in [0.2, 0.25) is 0 Å². The van der Waals surface area contributed by atoms with Gasteiger partial charge in [-0.1, -0.05) is 6.07 Å². The molecule has 0 aliphatic heterocycles. The molecule has 11 heteroatoms. The molecule has 0 saturated heterocycles. The van der Waals surface area contributed by atoms with Crippen LogP contribution in [0.3, 0.4) is 0 Å². The van der Waals surface area contributed by atoms with Crippen LogP contribution in [0, 0.1) is 10.1 Å². The Kier molecular flexibility index (Phi) is 7.78. The highest BCUT2D eigenvalue weighted by molar-refractivity contribution is 5.99. The summed E-state index contributed by atoms with van der Waals surface area (Å²) in [6, 6.07) is 8.86. The zero-order valence-corrected chi connectivity index (χ0v) is 16.6. The third-order valence-electron chi connectivity index (χ3n) is 3.78. The van der Waals surface area contributed by atoms with Crippen molar-refractivity contribution in [2.75, 3.05) is 25.6 Å². The van der Waals surface area contributed by atoms with Gasteiger partial charge in [-0.05, 0) is 31.2 Å². The van der Waals surface area contributed by atoms with Crippen LogP contribution in [0.15, 0.2) is 42.5 Å². The number of carbonyl (C=O) groups is 4. The number of benzene rings is 2. The largest absolute Gasteiger partial charge is 0.465 e. The SMILES string of the molecule is CCOC(=O)c1cc(C(=O)OCC(=O)Nc2cccc(C(=O)OC)c2)cc([N+](=O)[O-])c1. The van der Waals surface area contributed by atoms with Crippen molar-refractivity contribution in [2.45, 2.75) is 6.92 Å². The van der Waals surface area contributed by atoms with Gasteiger partial charge in [0.15, 0.2) is 6.61 Å². The second-order valence-electron chi connectivity index (χ2n) is 5.94. The van der Waals surface area contributed by atoms with E-state index in [-0.39, 0.29) is 29.0 Å². The number of nitrogens with zero attached hydrogens (tertiary/aromatic N) is 1. The van der Waals surface area contributed by atoms with Crippen LogP contribution in [-0.4, -0.2) is 49.1 Å². The summed E-state index contributed by atoms with van der Waals surface area (Å²) in [7, 11) is 1.22. The first-order chi connectivity index (χ1) is 14.7. The van der Waals surface area contributed by atoms with Gasteiger partial charge in [0.05, 0.1) is 35.3 Å². The predicted octanol–water partition coefficient (Wildman–Crippen LogP) is 2.35. The third-order valence-corrected chi connectivity index (χ3v) is 3.78. The summed E-state index contributed by atoms with van der Waals surface area (Å²) in [5, 5.41) is 13.5. The molecule has 0 spiro atoms. The first-order valence-electron chi connectivity index (χ1n) is 8.87. The van der Waals surface area contributed by atoms with Crippen LogP contribution in [-0.2, 0) is 19.0 Å². The molecule has 0 aromatic heterocycles. The number of hydrogen-bond donors (Lipinski definition) is 1. The molecule has 2 aromatic rings. The van der Waals surface area contributed by atoms with Crippen molar-refractivity contribution in [1.29, 1.82) is 0 Å². The van der Waals surface area contributed by atoms with Crippen molar-refractivity contribution in [3.05, 3.63) is 69.3 Å². The van der Waals surface area contributed by atoms with Crippen LogP contribution < -0.4 is 5.32 Å². The monoisotopic (exact) mass is 430 g/mol. The molecule has 1 N–H and O–H groups in total. The van der Waals surface area contributed by atoms with Crippen molar-refractivity contribution in [3.8, 4) is 0 Å². The maximum absolute atomic E-state index is 12.3. The Hall–Kier alpha value is -4.28. The van der Waals surface area contributed by atoms with Gasteiger partial charge in [-0.2, -0.15) is 0 Å². The van der Waals surface area contributed by atoms with Crippen molar-refractivity contribution in [1.82, 2.24) is 0 Å². The fourth-order valence-electron chi connectivity index (χ4n) is 2.42. The predicted molar refractivity (Wildman–Crippen MR) is 106 cm³/mol. The molecule has 2 aromatic carbocycles. The van der Waals surface area contributed by atoms with Crippen molar-refractivity contribution in [2.24, 2.45) is 0 Å². The number of methoxy groups -OCH3 is 1. The number of nitro benzene ring substituents is 1. The fraction of sp³-hybridized carbons (Fsp3) is 0.200. The summed E-state index contributed by atoms with van der Waals surface area (Å²) in [4.78, 5) is 58.0. The van der Waals surface area contributed by atoms with Crippen molar-refractivity contribution in [3.63, 3.8) is 0 Å². The van der Waals surface area contributed by atoms with Gasteiger partial charge < -0.3 is 19.5 Å². The van der Waals surface area contributed by atoms with Crippen LogP contribution in [0.25, 0.3) is 0 Å². The minimum Gasteiger partial charge on any atom is -0.465 e. The summed E-state index contributed by atoms with van der Waals surface area (Å²) >= 11 is 0. The van der Waals surface area contributed by atoms with Gasteiger partial charge in [-0.3, -0.25) is 14.9 Å². The Morgan fingerprint density at radius 3 is 2.16 bits per heavy atom. The topological polar surface area (TPSA) is 151 Å². The number of hydrogen-bond acceptors (Lipinski definition) is 9. The standard InChI is InChI=1S/C20H18N2O9/c1-3-30-19(25)13-7-14(10-16(9-13)22(27)28)20(26)31-11-17(23)21-15-6-4-5-12(8-15)18(24)29-2/h4-10H,3,11H2,1-2H3,(H,21,23). The third kappa shape index (κ3) is 6.35. The lowest BCUT2D eigenvalue weighted by atomic mass is 10.1. The van der Waals surface area contributed by atoms with E-state index < -0.39 is 41.0 Å². The zero-order valence-electron chi connectivity index (χ0n) is 16.6. The van der Waals surface area contributed by atoms with Gasteiger partial charge >= 0.3 is 17.9 Å². The maximum atomic E-state index is 12.3. The molecule has 0 unspecified atom stereocenters. The molecule has 0 saturated carbocycles. The van der Waals surface area contributed by atoms with E-state index >= 15 is 0 Å². The van der Waals surface area contributed by atoms with E-state index in [1.165, 1.54) is 31.4 Å². The average molecular weight is 430 g/mol. The van der Waals surface area contributed by atoms with Gasteiger partial charge in [0.25, 0.3) is 11.6 Å². The number of rotatable bonds is 8. The highest BCUT2D eigenvalue weighted by Crippen LogP contribution is 2.19. The summed E-state index contributed by atoms with van der Waals surface area (Å²) in [5.74, 6) is -3.20. The molecule has 162 valence electrons. The number of carbonyl (C=O) groups excluding carboxylic acids is 4. The van der Waals surface area contributed by atoms with E-state index in [4.69, 9.17) is 9.47 Å². The molecule has 0 atom stereocenters. The highest BCUT2D eigenvalue weighted by Gasteiger charge is 2.20. The zero-order chi connectivity index (χ0) is 23.0. The van der Waals surface area contributed by atoms with Crippen LogP contribution in [0.2, 0.25) is 0 Å². The molecule has 0 bridgehead atoms. The number of esters is 3. The first kappa shape index (κ1) is 23.0. The van der Waals surface area contributed by atoms with Gasteiger partial charge in [0, 0.05) is 17.8 Å². The smallest absolute Gasteiger partial charge is 0.338 e. The molecule has 31 heavy (non-hydrogen) atoms.